The fraction of sp³-hybridized carbons (Fsp3) is 0.350. The largest absolute Gasteiger partial charge is 0.322 e. The molecule has 144 valence electrons. The number of amides is 2. The molecule has 0 radical (unpaired) electrons. The third-order valence-corrected chi connectivity index (χ3v) is 6.03. The second kappa shape index (κ2) is 8.10. The molecule has 0 spiro atoms. The zero-order chi connectivity index (χ0) is 19.4. The Bertz CT molecular complexity index is 883. The maximum atomic E-state index is 12.5. The van der Waals surface area contributed by atoms with Gasteiger partial charge in [0.05, 0.1) is 4.90 Å². The number of rotatable bonds is 6. The highest BCUT2D eigenvalue weighted by atomic mass is 32.2. The Hall–Kier alpha value is -2.38. The fourth-order valence-corrected chi connectivity index (χ4v) is 4.01. The first-order valence-electron chi connectivity index (χ1n) is 9.07. The average Bonchev–Trinajstić information content (AvgIpc) is 3.06. The van der Waals surface area contributed by atoms with Crippen molar-refractivity contribution >= 4 is 21.7 Å². The molecular weight excluding hydrogens is 362 g/mol. The lowest BCUT2D eigenvalue weighted by Crippen LogP contribution is -2.30. The second-order valence-corrected chi connectivity index (χ2v) is 8.93. The van der Waals surface area contributed by atoms with Gasteiger partial charge in [-0.1, -0.05) is 38.1 Å². The Morgan fingerprint density at radius 2 is 1.63 bits per heavy atom. The van der Waals surface area contributed by atoms with E-state index in [9.17, 15) is 13.2 Å². The molecule has 0 aliphatic carbocycles. The summed E-state index contributed by atoms with van der Waals surface area (Å²) in [5, 5.41) is 2.83. The van der Waals surface area contributed by atoms with Crippen molar-refractivity contribution in [3.8, 4) is 0 Å². The van der Waals surface area contributed by atoms with Crippen LogP contribution < -0.4 is 10.0 Å². The molecular formula is C20H25N3O3S. The monoisotopic (exact) mass is 387 g/mol. The summed E-state index contributed by atoms with van der Waals surface area (Å²) >= 11 is 0. The lowest BCUT2D eigenvalue weighted by Gasteiger charge is -2.16. The number of urea groups is 1. The molecule has 0 saturated heterocycles. The number of fused-ring (bicyclic) bond motifs is 1. The van der Waals surface area contributed by atoms with Gasteiger partial charge in [-0.05, 0) is 47.7 Å². The van der Waals surface area contributed by atoms with Crippen molar-refractivity contribution in [1.82, 2.24) is 9.62 Å². The van der Waals surface area contributed by atoms with E-state index in [-0.39, 0.29) is 10.9 Å². The van der Waals surface area contributed by atoms with E-state index >= 15 is 0 Å². The smallest absolute Gasteiger partial charge is 0.316 e. The molecule has 27 heavy (non-hydrogen) atoms. The van der Waals surface area contributed by atoms with Crippen LogP contribution in [-0.4, -0.2) is 25.9 Å². The van der Waals surface area contributed by atoms with Gasteiger partial charge in [-0.15, -0.1) is 0 Å². The quantitative estimate of drug-likeness (QED) is 0.795. The molecule has 1 aliphatic rings. The van der Waals surface area contributed by atoms with Gasteiger partial charge in [-0.25, -0.2) is 17.9 Å². The number of hydrogen-bond acceptors (Lipinski definition) is 3. The molecule has 0 fully saturated rings. The predicted molar refractivity (Wildman–Crippen MR) is 106 cm³/mol. The Morgan fingerprint density at radius 3 is 2.19 bits per heavy atom. The van der Waals surface area contributed by atoms with E-state index in [2.05, 4.69) is 10.0 Å². The van der Waals surface area contributed by atoms with Crippen molar-refractivity contribution in [2.75, 3.05) is 11.9 Å². The Kier molecular flexibility index (Phi) is 5.82. The van der Waals surface area contributed by atoms with Crippen molar-refractivity contribution in [2.24, 2.45) is 5.92 Å². The molecule has 0 bridgehead atoms. The van der Waals surface area contributed by atoms with Gasteiger partial charge in [0.2, 0.25) is 10.0 Å². The van der Waals surface area contributed by atoms with Crippen LogP contribution >= 0.6 is 0 Å². The van der Waals surface area contributed by atoms with Crippen LogP contribution in [0.3, 0.4) is 0 Å². The fourth-order valence-electron chi connectivity index (χ4n) is 2.96. The number of anilines is 1. The summed E-state index contributed by atoms with van der Waals surface area (Å²) in [7, 11) is -3.53. The van der Waals surface area contributed by atoms with Gasteiger partial charge < -0.3 is 10.2 Å². The summed E-state index contributed by atoms with van der Waals surface area (Å²) in [4.78, 5) is 14.4. The first-order valence-corrected chi connectivity index (χ1v) is 10.6. The van der Waals surface area contributed by atoms with Gasteiger partial charge >= 0.3 is 6.03 Å². The standard InChI is InChI=1S/C20H25N3O3S/c1-15(2)11-12-21-27(25,26)19-9-7-18(8-10-19)22-20(24)23-13-16-5-3-4-6-17(16)14-23/h3-10,15,21H,11-14H2,1-2H3,(H,22,24). The van der Waals surface area contributed by atoms with Crippen LogP contribution in [0.4, 0.5) is 10.5 Å². The van der Waals surface area contributed by atoms with Crippen molar-refractivity contribution in [3.63, 3.8) is 0 Å². The average molecular weight is 388 g/mol. The number of nitrogens with zero attached hydrogens (tertiary/aromatic N) is 1. The van der Waals surface area contributed by atoms with Gasteiger partial charge in [0, 0.05) is 25.3 Å². The van der Waals surface area contributed by atoms with Crippen LogP contribution in [0.25, 0.3) is 0 Å². The minimum atomic E-state index is -3.53. The highest BCUT2D eigenvalue weighted by Gasteiger charge is 2.23. The number of carbonyl (C=O) groups is 1. The first-order chi connectivity index (χ1) is 12.8. The van der Waals surface area contributed by atoms with Crippen LogP contribution in [0.1, 0.15) is 31.4 Å². The maximum absolute atomic E-state index is 12.5. The number of sulfonamides is 1. The van der Waals surface area contributed by atoms with Crippen LogP contribution in [0.15, 0.2) is 53.4 Å². The molecule has 6 nitrogen and oxygen atoms in total. The van der Waals surface area contributed by atoms with Crippen molar-refractivity contribution < 1.29 is 13.2 Å². The molecule has 0 unspecified atom stereocenters. The lowest BCUT2D eigenvalue weighted by molar-refractivity contribution is 0.212. The second-order valence-electron chi connectivity index (χ2n) is 7.16. The van der Waals surface area contributed by atoms with E-state index in [4.69, 9.17) is 0 Å². The molecule has 1 heterocycles. The van der Waals surface area contributed by atoms with Crippen molar-refractivity contribution in [1.29, 1.82) is 0 Å². The number of carbonyl (C=O) groups excluding carboxylic acids is 1. The normalized spacial score (nSPS) is 13.7. The number of nitrogens with one attached hydrogen (secondary N) is 2. The molecule has 1 aliphatic heterocycles. The summed E-state index contributed by atoms with van der Waals surface area (Å²) < 4.78 is 27.1. The van der Waals surface area contributed by atoms with E-state index in [1.165, 1.54) is 12.1 Å². The van der Waals surface area contributed by atoms with Gasteiger partial charge in [0.15, 0.2) is 0 Å². The summed E-state index contributed by atoms with van der Waals surface area (Å²) in [5.41, 5.74) is 2.88. The van der Waals surface area contributed by atoms with Crippen molar-refractivity contribution in [2.45, 2.75) is 38.3 Å². The van der Waals surface area contributed by atoms with Crippen LogP contribution in [0, 0.1) is 5.92 Å². The SMILES string of the molecule is CC(C)CCNS(=O)(=O)c1ccc(NC(=O)N2Cc3ccccc3C2)cc1. The Balaban J connectivity index is 1.59. The third kappa shape index (κ3) is 4.87. The third-order valence-electron chi connectivity index (χ3n) is 4.56. The molecule has 3 rings (SSSR count). The summed E-state index contributed by atoms with van der Waals surface area (Å²) in [6.07, 6.45) is 0.783. The lowest BCUT2D eigenvalue weighted by atomic mass is 10.1. The first kappa shape index (κ1) is 19.4. The van der Waals surface area contributed by atoms with Gasteiger partial charge in [-0.3, -0.25) is 0 Å². The minimum Gasteiger partial charge on any atom is -0.316 e. The highest BCUT2D eigenvalue weighted by Crippen LogP contribution is 2.23. The van der Waals surface area contributed by atoms with Crippen LogP contribution in [0.2, 0.25) is 0 Å². The molecule has 2 N–H and O–H groups in total. The molecule has 0 atom stereocenters. The maximum Gasteiger partial charge on any atom is 0.322 e. The summed E-state index contributed by atoms with van der Waals surface area (Å²) in [5.74, 6) is 0.432. The zero-order valence-corrected chi connectivity index (χ0v) is 16.4. The Morgan fingerprint density at radius 1 is 1.04 bits per heavy atom. The van der Waals surface area contributed by atoms with E-state index in [1.54, 1.807) is 17.0 Å². The molecule has 2 aromatic rings. The van der Waals surface area contributed by atoms with E-state index in [1.807, 2.05) is 38.1 Å². The summed E-state index contributed by atoms with van der Waals surface area (Å²) in [6, 6.07) is 14.0. The summed E-state index contributed by atoms with van der Waals surface area (Å²) in [6.45, 7) is 5.66. The molecule has 0 saturated carbocycles. The molecule has 0 aromatic heterocycles. The minimum absolute atomic E-state index is 0.192. The van der Waals surface area contributed by atoms with E-state index < -0.39 is 10.0 Å². The predicted octanol–water partition coefficient (Wildman–Crippen LogP) is 3.56. The highest BCUT2D eigenvalue weighted by molar-refractivity contribution is 7.89. The van der Waals surface area contributed by atoms with Crippen molar-refractivity contribution in [3.05, 3.63) is 59.7 Å². The van der Waals surface area contributed by atoms with Gasteiger partial charge in [0.25, 0.3) is 0 Å². The van der Waals surface area contributed by atoms with E-state index in [0.717, 1.165) is 17.5 Å². The van der Waals surface area contributed by atoms with Crippen LogP contribution in [0.5, 0.6) is 0 Å². The molecule has 2 aromatic carbocycles. The number of benzene rings is 2. The molecule has 7 heteroatoms. The van der Waals surface area contributed by atoms with Gasteiger partial charge in [0.1, 0.15) is 0 Å². The van der Waals surface area contributed by atoms with E-state index in [0.29, 0.717) is 31.2 Å². The number of hydrogen-bond donors (Lipinski definition) is 2. The van der Waals surface area contributed by atoms with Crippen LogP contribution in [-0.2, 0) is 23.1 Å². The van der Waals surface area contributed by atoms with Gasteiger partial charge in [-0.2, -0.15) is 0 Å². The topological polar surface area (TPSA) is 78.5 Å². The zero-order valence-electron chi connectivity index (χ0n) is 15.6. The Labute approximate surface area is 160 Å². The molecule has 2 amide bonds.